The second kappa shape index (κ2) is 3.05. The SMILES string of the molecule is CC(=O)N[SH]1CCCC1=O. The molecule has 58 valence electrons. The second-order valence-electron chi connectivity index (χ2n) is 2.32. The summed E-state index contributed by atoms with van der Waals surface area (Å²) in [6.45, 7) is 1.45. The number of thiol groups is 1. The van der Waals surface area contributed by atoms with Crippen LogP contribution in [0.15, 0.2) is 0 Å². The number of hydrogen-bond acceptors (Lipinski definition) is 2. The maximum Gasteiger partial charge on any atom is 0.225 e. The minimum Gasteiger partial charge on any atom is -0.315 e. The molecule has 1 aliphatic heterocycles. The third-order valence-corrected chi connectivity index (χ3v) is 3.54. The minimum absolute atomic E-state index is 0.0821. The maximum absolute atomic E-state index is 10.9. The molecule has 4 heteroatoms. The van der Waals surface area contributed by atoms with Crippen LogP contribution >= 0.6 is 11.1 Å². The predicted octanol–water partition coefficient (Wildman–Crippen LogP) is 0.359. The lowest BCUT2D eigenvalue weighted by Crippen LogP contribution is -2.19. The van der Waals surface area contributed by atoms with Crippen LogP contribution in [0.3, 0.4) is 0 Å². The molecule has 1 rings (SSSR count). The zero-order chi connectivity index (χ0) is 7.56. The fraction of sp³-hybridized carbons (Fsp3) is 0.667. The van der Waals surface area contributed by atoms with Gasteiger partial charge in [-0.3, -0.25) is 9.59 Å². The summed E-state index contributed by atoms with van der Waals surface area (Å²) in [5.41, 5.74) is 0. The zero-order valence-electron chi connectivity index (χ0n) is 5.89. The van der Waals surface area contributed by atoms with E-state index in [0.717, 1.165) is 12.2 Å². The van der Waals surface area contributed by atoms with E-state index in [0.29, 0.717) is 6.42 Å². The van der Waals surface area contributed by atoms with Gasteiger partial charge in [0.15, 0.2) is 5.12 Å². The average molecular weight is 161 g/mol. The average Bonchev–Trinajstić information content (AvgIpc) is 2.15. The summed E-state index contributed by atoms with van der Waals surface area (Å²) in [6, 6.07) is 0. The van der Waals surface area contributed by atoms with Crippen LogP contribution in [0.1, 0.15) is 19.8 Å². The van der Waals surface area contributed by atoms with E-state index in [2.05, 4.69) is 4.72 Å². The Morgan fingerprint density at radius 3 is 2.80 bits per heavy atom. The van der Waals surface area contributed by atoms with E-state index in [-0.39, 0.29) is 11.0 Å². The highest BCUT2D eigenvalue weighted by Crippen LogP contribution is 2.31. The molecule has 1 saturated heterocycles. The number of carbonyl (C=O) groups excluding carboxylic acids is 2. The van der Waals surface area contributed by atoms with Crippen LogP contribution in [-0.2, 0) is 9.59 Å². The highest BCUT2D eigenvalue weighted by Gasteiger charge is 2.20. The van der Waals surface area contributed by atoms with Gasteiger partial charge in [0.25, 0.3) is 0 Å². The second-order valence-corrected chi connectivity index (χ2v) is 4.34. The van der Waals surface area contributed by atoms with E-state index in [9.17, 15) is 9.59 Å². The fourth-order valence-corrected chi connectivity index (χ4v) is 2.72. The number of nitrogens with one attached hydrogen (secondary N) is 1. The van der Waals surface area contributed by atoms with E-state index in [1.54, 1.807) is 0 Å². The standard InChI is InChI=1S/C6H11NO2S/c1-5(8)7-10-4-2-3-6(10)9/h10H,2-4H2,1H3,(H,7,8). The molecule has 1 fully saturated rings. The molecule has 0 aromatic carbocycles. The third-order valence-electron chi connectivity index (χ3n) is 1.37. The molecule has 1 aliphatic rings. The van der Waals surface area contributed by atoms with Crippen LogP contribution in [0.4, 0.5) is 0 Å². The number of rotatable bonds is 1. The Morgan fingerprint density at radius 1 is 1.70 bits per heavy atom. The molecule has 10 heavy (non-hydrogen) atoms. The molecule has 0 aromatic rings. The number of carbonyl (C=O) groups is 2. The van der Waals surface area contributed by atoms with Gasteiger partial charge in [0.05, 0.1) is 0 Å². The van der Waals surface area contributed by atoms with E-state index in [1.165, 1.54) is 6.92 Å². The molecular formula is C6H11NO2S. The normalized spacial score (nSPS) is 28.5. The molecule has 0 radical (unpaired) electrons. The van der Waals surface area contributed by atoms with Crippen molar-refractivity contribution in [2.24, 2.45) is 0 Å². The minimum atomic E-state index is -0.784. The predicted molar refractivity (Wildman–Crippen MR) is 41.9 cm³/mol. The highest BCUT2D eigenvalue weighted by molar-refractivity contribution is 8.28. The van der Waals surface area contributed by atoms with Crippen LogP contribution in [-0.4, -0.2) is 16.8 Å². The van der Waals surface area contributed by atoms with Crippen LogP contribution < -0.4 is 4.72 Å². The first-order valence-corrected chi connectivity index (χ1v) is 4.80. The van der Waals surface area contributed by atoms with Crippen molar-refractivity contribution in [2.75, 3.05) is 5.75 Å². The Kier molecular flexibility index (Phi) is 2.32. The van der Waals surface area contributed by atoms with E-state index < -0.39 is 11.1 Å². The Morgan fingerprint density at radius 2 is 2.40 bits per heavy atom. The van der Waals surface area contributed by atoms with Crippen molar-refractivity contribution in [3.8, 4) is 0 Å². The van der Waals surface area contributed by atoms with Gasteiger partial charge < -0.3 is 4.72 Å². The zero-order valence-corrected chi connectivity index (χ0v) is 6.78. The molecule has 0 saturated carbocycles. The molecule has 1 heterocycles. The largest absolute Gasteiger partial charge is 0.315 e. The van der Waals surface area contributed by atoms with Crippen molar-refractivity contribution in [2.45, 2.75) is 19.8 Å². The lowest BCUT2D eigenvalue weighted by molar-refractivity contribution is -0.117. The maximum atomic E-state index is 10.9. The lowest BCUT2D eigenvalue weighted by Gasteiger charge is -2.11. The first kappa shape index (κ1) is 7.60. The van der Waals surface area contributed by atoms with Crippen molar-refractivity contribution in [1.82, 2.24) is 4.72 Å². The van der Waals surface area contributed by atoms with Gasteiger partial charge >= 0.3 is 0 Å². The molecular weight excluding hydrogens is 150 g/mol. The van der Waals surface area contributed by atoms with E-state index in [4.69, 9.17) is 0 Å². The summed E-state index contributed by atoms with van der Waals surface area (Å²) in [5.74, 6) is 0.801. The van der Waals surface area contributed by atoms with Gasteiger partial charge in [-0.05, 0) is 12.2 Å². The van der Waals surface area contributed by atoms with Crippen LogP contribution in [0.5, 0.6) is 0 Å². The highest BCUT2D eigenvalue weighted by atomic mass is 32.2. The topological polar surface area (TPSA) is 46.2 Å². The molecule has 1 N–H and O–H groups in total. The molecule has 1 amide bonds. The number of hydrogen-bond donors (Lipinski definition) is 2. The van der Waals surface area contributed by atoms with Gasteiger partial charge in [-0.2, -0.15) is 0 Å². The molecule has 0 aromatic heterocycles. The summed E-state index contributed by atoms with van der Waals surface area (Å²) in [7, 11) is 0. The third kappa shape index (κ3) is 1.73. The summed E-state index contributed by atoms with van der Waals surface area (Å²) < 4.78 is 2.67. The summed E-state index contributed by atoms with van der Waals surface area (Å²) >= 11 is -0.784. The van der Waals surface area contributed by atoms with Crippen molar-refractivity contribution < 1.29 is 9.59 Å². The smallest absolute Gasteiger partial charge is 0.225 e. The van der Waals surface area contributed by atoms with Crippen molar-refractivity contribution >= 4 is 22.1 Å². The first-order valence-electron chi connectivity index (χ1n) is 3.28. The Hall–Kier alpha value is -0.510. The quantitative estimate of drug-likeness (QED) is 0.545. The van der Waals surface area contributed by atoms with Gasteiger partial charge in [0, 0.05) is 13.3 Å². The van der Waals surface area contributed by atoms with Crippen molar-refractivity contribution in [3.63, 3.8) is 0 Å². The van der Waals surface area contributed by atoms with Gasteiger partial charge in [-0.25, -0.2) is 0 Å². The Bertz CT molecular complexity index is 169. The molecule has 0 spiro atoms. The lowest BCUT2D eigenvalue weighted by atomic mass is 10.4. The van der Waals surface area contributed by atoms with Crippen LogP contribution in [0, 0.1) is 0 Å². The van der Waals surface area contributed by atoms with Gasteiger partial charge in [0.2, 0.25) is 5.91 Å². The molecule has 1 atom stereocenters. The number of amides is 1. The molecule has 1 unspecified atom stereocenters. The molecule has 0 aliphatic carbocycles. The van der Waals surface area contributed by atoms with Gasteiger partial charge in [0.1, 0.15) is 0 Å². The van der Waals surface area contributed by atoms with Gasteiger partial charge in [-0.15, -0.1) is 11.1 Å². The van der Waals surface area contributed by atoms with E-state index in [1.807, 2.05) is 0 Å². The van der Waals surface area contributed by atoms with Crippen LogP contribution in [0.2, 0.25) is 0 Å². The van der Waals surface area contributed by atoms with Crippen LogP contribution in [0.25, 0.3) is 0 Å². The summed E-state index contributed by atoms with van der Waals surface area (Å²) in [4.78, 5) is 21.4. The fourth-order valence-electron chi connectivity index (χ4n) is 0.956. The van der Waals surface area contributed by atoms with Crippen molar-refractivity contribution in [3.05, 3.63) is 0 Å². The van der Waals surface area contributed by atoms with Gasteiger partial charge in [-0.1, -0.05) is 0 Å². The first-order chi connectivity index (χ1) is 4.70. The van der Waals surface area contributed by atoms with Crippen molar-refractivity contribution in [1.29, 1.82) is 0 Å². The summed E-state index contributed by atoms with van der Waals surface area (Å²) in [5, 5.41) is 0.241. The molecule has 3 nitrogen and oxygen atoms in total. The monoisotopic (exact) mass is 161 g/mol. The summed E-state index contributed by atoms with van der Waals surface area (Å²) in [6.07, 6.45) is 1.61. The van der Waals surface area contributed by atoms with E-state index >= 15 is 0 Å². The Labute approximate surface area is 62.7 Å². The molecule has 0 bridgehead atoms. The Balaban J connectivity index is 2.40.